The van der Waals surface area contributed by atoms with Crippen LogP contribution in [0.4, 0.5) is 0 Å². The number of rotatable bonds is 5. The van der Waals surface area contributed by atoms with Gasteiger partial charge in [0.05, 0.1) is 7.11 Å². The molecular formula is C13H25N3O3. The van der Waals surface area contributed by atoms with Crippen molar-refractivity contribution in [1.82, 2.24) is 15.1 Å². The van der Waals surface area contributed by atoms with Crippen LogP contribution in [0.2, 0.25) is 0 Å². The molecular weight excluding hydrogens is 246 g/mol. The molecule has 6 nitrogen and oxygen atoms in total. The van der Waals surface area contributed by atoms with Crippen molar-refractivity contribution >= 4 is 11.9 Å². The normalized spacial score (nSPS) is 22.1. The van der Waals surface area contributed by atoms with Gasteiger partial charge in [0.15, 0.2) is 0 Å². The van der Waals surface area contributed by atoms with Crippen molar-refractivity contribution in [2.45, 2.75) is 31.8 Å². The molecule has 1 amide bonds. The van der Waals surface area contributed by atoms with E-state index in [-0.39, 0.29) is 5.91 Å². The lowest BCUT2D eigenvalue weighted by Gasteiger charge is -2.37. The predicted molar refractivity (Wildman–Crippen MR) is 72.8 cm³/mol. The third kappa shape index (κ3) is 5.16. The van der Waals surface area contributed by atoms with Gasteiger partial charge in [-0.25, -0.2) is 4.79 Å². The van der Waals surface area contributed by atoms with E-state index in [1.807, 2.05) is 7.05 Å². The van der Waals surface area contributed by atoms with Crippen molar-refractivity contribution in [3.05, 3.63) is 0 Å². The molecule has 110 valence electrons. The van der Waals surface area contributed by atoms with Crippen LogP contribution < -0.4 is 5.32 Å². The SMILES string of the molecule is COC(=O)C(CN(C)C1CCCN(C)C1)NC(C)=O. The van der Waals surface area contributed by atoms with Crippen molar-refractivity contribution < 1.29 is 14.3 Å². The second-order valence-electron chi connectivity index (χ2n) is 5.27. The minimum absolute atomic E-state index is 0.218. The Kier molecular flexibility index (Phi) is 6.24. The molecule has 1 aliphatic heterocycles. The van der Waals surface area contributed by atoms with E-state index in [9.17, 15) is 9.59 Å². The number of carbonyl (C=O) groups excluding carboxylic acids is 2. The first-order valence-corrected chi connectivity index (χ1v) is 6.67. The Morgan fingerprint density at radius 1 is 1.53 bits per heavy atom. The largest absolute Gasteiger partial charge is 0.467 e. The first kappa shape index (κ1) is 15.9. The van der Waals surface area contributed by atoms with Gasteiger partial charge in [-0.2, -0.15) is 0 Å². The first-order chi connectivity index (χ1) is 8.93. The quantitative estimate of drug-likeness (QED) is 0.695. The number of methoxy groups -OCH3 is 1. The number of hydrogen-bond donors (Lipinski definition) is 1. The first-order valence-electron chi connectivity index (χ1n) is 6.67. The van der Waals surface area contributed by atoms with Crippen LogP contribution in [0.15, 0.2) is 0 Å². The molecule has 0 aromatic heterocycles. The van der Waals surface area contributed by atoms with E-state index in [4.69, 9.17) is 4.74 Å². The number of likely N-dealkylation sites (tertiary alicyclic amines) is 1. The van der Waals surface area contributed by atoms with Gasteiger partial charge in [0, 0.05) is 26.1 Å². The van der Waals surface area contributed by atoms with Crippen molar-refractivity contribution in [3.63, 3.8) is 0 Å². The van der Waals surface area contributed by atoms with Crippen LogP contribution in [0.5, 0.6) is 0 Å². The van der Waals surface area contributed by atoms with Gasteiger partial charge in [0.1, 0.15) is 6.04 Å². The maximum absolute atomic E-state index is 11.7. The fraction of sp³-hybridized carbons (Fsp3) is 0.846. The Hall–Kier alpha value is -1.14. The second kappa shape index (κ2) is 7.45. The van der Waals surface area contributed by atoms with E-state index in [2.05, 4.69) is 22.2 Å². The van der Waals surface area contributed by atoms with Crippen molar-refractivity contribution in [3.8, 4) is 0 Å². The van der Waals surface area contributed by atoms with Crippen LogP contribution in [0.1, 0.15) is 19.8 Å². The number of piperidine rings is 1. The Bertz CT molecular complexity index is 322. The summed E-state index contributed by atoms with van der Waals surface area (Å²) >= 11 is 0. The summed E-state index contributed by atoms with van der Waals surface area (Å²) in [4.78, 5) is 27.2. The van der Waals surface area contributed by atoms with Gasteiger partial charge < -0.3 is 15.0 Å². The number of amides is 1. The molecule has 0 aromatic carbocycles. The highest BCUT2D eigenvalue weighted by atomic mass is 16.5. The molecule has 1 saturated heterocycles. The summed E-state index contributed by atoms with van der Waals surface area (Å²) in [6, 6.07) is -0.181. The smallest absolute Gasteiger partial charge is 0.329 e. The summed E-state index contributed by atoms with van der Waals surface area (Å²) in [5.74, 6) is -0.615. The molecule has 0 bridgehead atoms. The highest BCUT2D eigenvalue weighted by Gasteiger charge is 2.27. The van der Waals surface area contributed by atoms with Crippen LogP contribution in [-0.2, 0) is 14.3 Å². The molecule has 1 N–H and O–H groups in total. The molecule has 2 unspecified atom stereocenters. The highest BCUT2D eigenvalue weighted by molar-refractivity contribution is 5.83. The predicted octanol–water partition coefficient (Wildman–Crippen LogP) is -0.310. The van der Waals surface area contributed by atoms with Crippen LogP contribution >= 0.6 is 0 Å². The summed E-state index contributed by atoms with van der Waals surface area (Å²) < 4.78 is 4.73. The van der Waals surface area contributed by atoms with Gasteiger partial charge in [0.2, 0.25) is 5.91 Å². The molecule has 0 aliphatic carbocycles. The average molecular weight is 271 g/mol. The van der Waals surface area contributed by atoms with Crippen LogP contribution in [0.3, 0.4) is 0 Å². The Labute approximate surface area is 115 Å². The van der Waals surface area contributed by atoms with Crippen LogP contribution in [0.25, 0.3) is 0 Å². The van der Waals surface area contributed by atoms with Gasteiger partial charge >= 0.3 is 5.97 Å². The molecule has 0 spiro atoms. The van der Waals surface area contributed by atoms with Crippen molar-refractivity contribution in [1.29, 1.82) is 0 Å². The van der Waals surface area contributed by atoms with Crippen LogP contribution in [0, 0.1) is 0 Å². The lowest BCUT2D eigenvalue weighted by Crippen LogP contribution is -2.52. The Morgan fingerprint density at radius 2 is 2.21 bits per heavy atom. The van der Waals surface area contributed by atoms with Gasteiger partial charge in [0.25, 0.3) is 0 Å². The maximum atomic E-state index is 11.7. The topological polar surface area (TPSA) is 61.9 Å². The molecule has 0 aromatic rings. The number of nitrogens with zero attached hydrogens (tertiary/aromatic N) is 2. The molecule has 0 radical (unpaired) electrons. The number of esters is 1. The minimum Gasteiger partial charge on any atom is -0.467 e. The summed E-state index contributed by atoms with van der Waals surface area (Å²) in [6.07, 6.45) is 2.28. The molecule has 0 saturated carbocycles. The minimum atomic E-state index is -0.597. The molecule has 1 rings (SSSR count). The summed E-state index contributed by atoms with van der Waals surface area (Å²) in [6.45, 7) is 4.00. The van der Waals surface area contributed by atoms with E-state index in [0.717, 1.165) is 25.9 Å². The fourth-order valence-corrected chi connectivity index (χ4v) is 2.50. The van der Waals surface area contributed by atoms with E-state index in [1.54, 1.807) is 0 Å². The third-order valence-corrected chi connectivity index (χ3v) is 3.56. The van der Waals surface area contributed by atoms with E-state index in [1.165, 1.54) is 14.0 Å². The standard InChI is InChI=1S/C13H25N3O3/c1-10(17)14-12(13(18)19-4)9-16(3)11-6-5-7-15(2)8-11/h11-12H,5-9H2,1-4H3,(H,14,17). The molecule has 19 heavy (non-hydrogen) atoms. The third-order valence-electron chi connectivity index (χ3n) is 3.56. The highest BCUT2D eigenvalue weighted by Crippen LogP contribution is 2.13. The zero-order valence-corrected chi connectivity index (χ0v) is 12.3. The summed E-state index contributed by atoms with van der Waals surface area (Å²) in [5, 5.41) is 2.64. The second-order valence-corrected chi connectivity index (χ2v) is 5.27. The zero-order valence-electron chi connectivity index (χ0n) is 12.3. The van der Waals surface area contributed by atoms with E-state index < -0.39 is 12.0 Å². The number of hydrogen-bond acceptors (Lipinski definition) is 5. The Morgan fingerprint density at radius 3 is 2.74 bits per heavy atom. The summed E-state index contributed by atoms with van der Waals surface area (Å²) in [7, 11) is 5.43. The molecule has 6 heteroatoms. The summed E-state index contributed by atoms with van der Waals surface area (Å²) in [5.41, 5.74) is 0. The molecule has 1 heterocycles. The van der Waals surface area contributed by atoms with Crippen molar-refractivity contribution in [2.75, 3.05) is 40.8 Å². The number of likely N-dealkylation sites (N-methyl/N-ethyl adjacent to an activating group) is 2. The average Bonchev–Trinajstić information content (AvgIpc) is 2.36. The number of ether oxygens (including phenoxy) is 1. The lowest BCUT2D eigenvalue weighted by atomic mass is 10.0. The van der Waals surface area contributed by atoms with E-state index in [0.29, 0.717) is 12.6 Å². The van der Waals surface area contributed by atoms with Crippen LogP contribution in [-0.4, -0.2) is 74.6 Å². The maximum Gasteiger partial charge on any atom is 0.329 e. The Balaban J connectivity index is 2.56. The monoisotopic (exact) mass is 271 g/mol. The van der Waals surface area contributed by atoms with Gasteiger partial charge in [-0.05, 0) is 33.5 Å². The zero-order chi connectivity index (χ0) is 14.4. The lowest BCUT2D eigenvalue weighted by molar-refractivity contribution is -0.145. The van der Waals surface area contributed by atoms with Gasteiger partial charge in [-0.15, -0.1) is 0 Å². The molecule has 1 fully saturated rings. The van der Waals surface area contributed by atoms with E-state index >= 15 is 0 Å². The number of nitrogens with one attached hydrogen (secondary N) is 1. The van der Waals surface area contributed by atoms with Gasteiger partial charge in [-0.1, -0.05) is 0 Å². The molecule has 1 aliphatic rings. The van der Waals surface area contributed by atoms with Crippen molar-refractivity contribution in [2.24, 2.45) is 0 Å². The van der Waals surface area contributed by atoms with Gasteiger partial charge in [-0.3, -0.25) is 9.69 Å². The molecule has 2 atom stereocenters. The number of carbonyl (C=O) groups is 2. The fourth-order valence-electron chi connectivity index (χ4n) is 2.50.